The maximum Gasteiger partial charge on any atom is 0.328 e. The van der Waals surface area contributed by atoms with Gasteiger partial charge in [0, 0.05) is 12.1 Å². The Morgan fingerprint density at radius 2 is 2.05 bits per heavy atom. The Bertz CT molecular complexity index is 478. The van der Waals surface area contributed by atoms with Crippen molar-refractivity contribution in [1.82, 2.24) is 0 Å². The third kappa shape index (κ3) is 3.04. The summed E-state index contributed by atoms with van der Waals surface area (Å²) in [4.78, 5) is 11.6. The summed E-state index contributed by atoms with van der Waals surface area (Å²) in [6.07, 6.45) is 0.595. The Morgan fingerprint density at radius 3 is 2.63 bits per heavy atom. The molecule has 0 saturated carbocycles. The van der Waals surface area contributed by atoms with E-state index in [1.807, 2.05) is 6.92 Å². The largest absolute Gasteiger partial charge is 0.486 e. The molecule has 0 aromatic heterocycles. The summed E-state index contributed by atoms with van der Waals surface area (Å²) in [5.74, 6) is 0.916. The van der Waals surface area contributed by atoms with Crippen molar-refractivity contribution in [2.45, 2.75) is 19.4 Å². The first-order valence-corrected chi connectivity index (χ1v) is 6.47. The molecular formula is C13H16ClNO4. The number of fused-ring (bicyclic) bond motifs is 1. The third-order valence-corrected chi connectivity index (χ3v) is 3.17. The van der Waals surface area contributed by atoms with Crippen LogP contribution in [-0.2, 0) is 9.53 Å². The van der Waals surface area contributed by atoms with Crippen LogP contribution in [0.25, 0.3) is 0 Å². The zero-order valence-electron chi connectivity index (χ0n) is 10.9. The van der Waals surface area contributed by atoms with E-state index in [2.05, 4.69) is 5.32 Å². The van der Waals surface area contributed by atoms with E-state index in [9.17, 15) is 4.79 Å². The highest BCUT2D eigenvalue weighted by Crippen LogP contribution is 2.38. The van der Waals surface area contributed by atoms with Crippen LogP contribution in [-0.4, -0.2) is 32.3 Å². The van der Waals surface area contributed by atoms with Crippen LogP contribution >= 0.6 is 11.6 Å². The first-order valence-electron chi connectivity index (χ1n) is 6.09. The van der Waals surface area contributed by atoms with Crippen molar-refractivity contribution in [2.24, 2.45) is 0 Å². The highest BCUT2D eigenvalue weighted by atomic mass is 35.5. The maximum atomic E-state index is 11.6. The van der Waals surface area contributed by atoms with Crippen LogP contribution in [0.15, 0.2) is 12.1 Å². The second kappa shape index (κ2) is 6.02. The number of carbonyl (C=O) groups excluding carboxylic acids is 1. The first kappa shape index (κ1) is 13.8. The van der Waals surface area contributed by atoms with Gasteiger partial charge in [0.25, 0.3) is 0 Å². The molecular weight excluding hydrogens is 270 g/mol. The van der Waals surface area contributed by atoms with Gasteiger partial charge in [-0.05, 0) is 6.42 Å². The molecule has 1 aliphatic rings. The lowest BCUT2D eigenvalue weighted by atomic mass is 10.2. The monoisotopic (exact) mass is 285 g/mol. The Morgan fingerprint density at radius 1 is 1.42 bits per heavy atom. The van der Waals surface area contributed by atoms with Gasteiger partial charge >= 0.3 is 5.97 Å². The molecule has 0 radical (unpaired) electrons. The Kier molecular flexibility index (Phi) is 4.37. The predicted molar refractivity (Wildman–Crippen MR) is 72.2 cm³/mol. The number of hydrogen-bond donors (Lipinski definition) is 1. The molecule has 1 heterocycles. The van der Waals surface area contributed by atoms with E-state index in [-0.39, 0.29) is 5.97 Å². The van der Waals surface area contributed by atoms with Gasteiger partial charge in [0.2, 0.25) is 0 Å². The van der Waals surface area contributed by atoms with Crippen molar-refractivity contribution < 1.29 is 19.0 Å². The Labute approximate surface area is 116 Å². The summed E-state index contributed by atoms with van der Waals surface area (Å²) in [6.45, 7) is 2.90. The van der Waals surface area contributed by atoms with Crippen molar-refractivity contribution in [3.8, 4) is 11.5 Å². The quantitative estimate of drug-likeness (QED) is 0.861. The van der Waals surface area contributed by atoms with Gasteiger partial charge < -0.3 is 19.5 Å². The van der Waals surface area contributed by atoms with Crippen LogP contribution in [0.4, 0.5) is 5.69 Å². The van der Waals surface area contributed by atoms with E-state index >= 15 is 0 Å². The lowest BCUT2D eigenvalue weighted by Gasteiger charge is -2.22. The van der Waals surface area contributed by atoms with Gasteiger partial charge in [0.15, 0.2) is 11.5 Å². The fraction of sp³-hybridized carbons (Fsp3) is 0.462. The zero-order valence-corrected chi connectivity index (χ0v) is 11.6. The number of hydrogen-bond acceptors (Lipinski definition) is 5. The molecule has 0 saturated heterocycles. The van der Waals surface area contributed by atoms with E-state index in [0.717, 1.165) is 0 Å². The fourth-order valence-electron chi connectivity index (χ4n) is 1.83. The number of rotatable bonds is 4. The molecule has 1 aromatic carbocycles. The normalized spacial score (nSPS) is 14.7. The predicted octanol–water partition coefficient (Wildman–Crippen LogP) is 2.47. The van der Waals surface area contributed by atoms with Gasteiger partial charge in [-0.15, -0.1) is 0 Å². The third-order valence-electron chi connectivity index (χ3n) is 2.86. The van der Waals surface area contributed by atoms with Crippen molar-refractivity contribution >= 4 is 23.3 Å². The van der Waals surface area contributed by atoms with E-state index in [0.29, 0.717) is 41.8 Å². The van der Waals surface area contributed by atoms with Crippen molar-refractivity contribution in [1.29, 1.82) is 0 Å². The van der Waals surface area contributed by atoms with Crippen molar-refractivity contribution in [3.05, 3.63) is 17.2 Å². The summed E-state index contributed by atoms with van der Waals surface area (Å²) in [5.41, 5.74) is 0.628. The fourth-order valence-corrected chi connectivity index (χ4v) is 2.04. The highest BCUT2D eigenvalue weighted by molar-refractivity contribution is 6.33. The maximum absolute atomic E-state index is 11.6. The Hall–Kier alpha value is -1.62. The van der Waals surface area contributed by atoms with Gasteiger partial charge in [0.1, 0.15) is 19.3 Å². The highest BCUT2D eigenvalue weighted by Gasteiger charge is 2.20. The van der Waals surface area contributed by atoms with Gasteiger partial charge in [-0.1, -0.05) is 18.5 Å². The van der Waals surface area contributed by atoms with Gasteiger partial charge in [-0.25, -0.2) is 4.79 Å². The number of benzene rings is 1. The summed E-state index contributed by atoms with van der Waals surface area (Å²) < 4.78 is 15.6. The van der Waals surface area contributed by atoms with E-state index in [1.54, 1.807) is 12.1 Å². The molecule has 104 valence electrons. The van der Waals surface area contributed by atoms with Crippen LogP contribution in [0, 0.1) is 0 Å². The standard InChI is InChI=1S/C13H16ClNO4/c1-3-9(13(16)17-2)15-10-7-12-11(6-8(10)14)18-4-5-19-12/h6-7,9,15H,3-5H2,1-2H3. The molecule has 0 aliphatic carbocycles. The summed E-state index contributed by atoms with van der Waals surface area (Å²) in [7, 11) is 1.36. The topological polar surface area (TPSA) is 56.8 Å². The molecule has 1 atom stereocenters. The number of esters is 1. The molecule has 1 unspecified atom stereocenters. The average Bonchev–Trinajstić information content (AvgIpc) is 2.44. The summed E-state index contributed by atoms with van der Waals surface area (Å²) in [6, 6.07) is 2.98. The summed E-state index contributed by atoms with van der Waals surface area (Å²) in [5, 5.41) is 3.53. The van der Waals surface area contributed by atoms with Crippen molar-refractivity contribution in [3.63, 3.8) is 0 Å². The number of methoxy groups -OCH3 is 1. The summed E-state index contributed by atoms with van der Waals surface area (Å²) >= 11 is 6.16. The van der Waals surface area contributed by atoms with Gasteiger partial charge in [-0.3, -0.25) is 0 Å². The average molecular weight is 286 g/mol. The Balaban J connectivity index is 2.22. The molecule has 0 fully saturated rings. The molecule has 6 heteroatoms. The van der Waals surface area contributed by atoms with Crippen LogP contribution in [0.1, 0.15) is 13.3 Å². The van der Waals surface area contributed by atoms with E-state index in [4.69, 9.17) is 25.8 Å². The van der Waals surface area contributed by atoms with Gasteiger partial charge in [0.05, 0.1) is 17.8 Å². The first-order chi connectivity index (χ1) is 9.15. The van der Waals surface area contributed by atoms with Crippen LogP contribution < -0.4 is 14.8 Å². The minimum absolute atomic E-state index is 0.326. The molecule has 19 heavy (non-hydrogen) atoms. The molecule has 0 amide bonds. The second-order valence-corrected chi connectivity index (χ2v) is 4.51. The number of carbonyl (C=O) groups is 1. The minimum atomic E-state index is -0.440. The van der Waals surface area contributed by atoms with Crippen molar-refractivity contribution in [2.75, 3.05) is 25.6 Å². The van der Waals surface area contributed by atoms with E-state index in [1.165, 1.54) is 7.11 Å². The number of nitrogens with one attached hydrogen (secondary N) is 1. The lowest BCUT2D eigenvalue weighted by Crippen LogP contribution is -2.30. The minimum Gasteiger partial charge on any atom is -0.486 e. The van der Waals surface area contributed by atoms with Crippen LogP contribution in [0.3, 0.4) is 0 Å². The molecule has 1 N–H and O–H groups in total. The smallest absolute Gasteiger partial charge is 0.328 e. The molecule has 0 spiro atoms. The van der Waals surface area contributed by atoms with Crippen LogP contribution in [0.5, 0.6) is 11.5 Å². The molecule has 5 nitrogen and oxygen atoms in total. The van der Waals surface area contributed by atoms with Crippen LogP contribution in [0.2, 0.25) is 5.02 Å². The molecule has 1 aromatic rings. The zero-order chi connectivity index (χ0) is 13.8. The second-order valence-electron chi connectivity index (χ2n) is 4.10. The lowest BCUT2D eigenvalue weighted by molar-refractivity contribution is -0.141. The molecule has 0 bridgehead atoms. The number of halogens is 1. The number of ether oxygens (including phenoxy) is 3. The number of anilines is 1. The SMILES string of the molecule is CCC(Nc1cc2c(cc1Cl)OCCO2)C(=O)OC. The molecule has 2 rings (SSSR count). The molecule has 1 aliphatic heterocycles. The van der Waals surface area contributed by atoms with Gasteiger partial charge in [-0.2, -0.15) is 0 Å². The van der Waals surface area contributed by atoms with E-state index < -0.39 is 6.04 Å².